The van der Waals surface area contributed by atoms with Crippen LogP contribution in [0.25, 0.3) is 0 Å². The predicted octanol–water partition coefficient (Wildman–Crippen LogP) is 0.591. The number of aliphatic hydroxyl groups is 1. The first-order valence-corrected chi connectivity index (χ1v) is 4.51. The Morgan fingerprint density at radius 2 is 2.20 bits per heavy atom. The van der Waals surface area contributed by atoms with Crippen molar-refractivity contribution < 1.29 is 19.7 Å². The van der Waals surface area contributed by atoms with Gasteiger partial charge in [-0.1, -0.05) is 0 Å². The minimum Gasteiger partial charge on any atom is -0.493 e. The Hall–Kier alpha value is -1.56. The summed E-state index contributed by atoms with van der Waals surface area (Å²) in [6, 6.07) is -0.0436. The number of aliphatic carboxylic acids is 1. The molecule has 1 aromatic rings. The zero-order chi connectivity index (χ0) is 11.6. The molecule has 0 aliphatic heterocycles. The summed E-state index contributed by atoms with van der Waals surface area (Å²) in [7, 11) is 1.40. The van der Waals surface area contributed by atoms with Crippen molar-refractivity contribution in [2.45, 2.75) is 26.0 Å². The molecule has 1 rings (SSSR count). The van der Waals surface area contributed by atoms with Gasteiger partial charge in [0.25, 0.3) is 0 Å². The molecular weight excluding hydrogens is 200 g/mol. The predicted molar refractivity (Wildman–Crippen MR) is 51.8 cm³/mol. The lowest BCUT2D eigenvalue weighted by Gasteiger charge is -2.14. The van der Waals surface area contributed by atoms with Gasteiger partial charge in [-0.05, 0) is 13.8 Å². The average molecular weight is 214 g/mol. The molecule has 15 heavy (non-hydrogen) atoms. The minimum atomic E-state index is -1.62. The normalized spacial score (nSPS) is 12.9. The maximum atomic E-state index is 10.7. The molecule has 0 aliphatic rings. The monoisotopic (exact) mass is 214 g/mol. The molecule has 1 unspecified atom stereocenters. The van der Waals surface area contributed by atoms with E-state index in [1.807, 2.05) is 13.8 Å². The highest BCUT2D eigenvalue weighted by Crippen LogP contribution is 2.27. The van der Waals surface area contributed by atoms with Crippen LogP contribution in [0.4, 0.5) is 0 Å². The van der Waals surface area contributed by atoms with Crippen molar-refractivity contribution in [1.29, 1.82) is 0 Å². The first kappa shape index (κ1) is 11.5. The van der Waals surface area contributed by atoms with Gasteiger partial charge in [0.05, 0.1) is 13.3 Å². The van der Waals surface area contributed by atoms with Crippen molar-refractivity contribution in [2.75, 3.05) is 7.11 Å². The maximum absolute atomic E-state index is 10.7. The Morgan fingerprint density at radius 1 is 1.60 bits per heavy atom. The molecule has 0 bridgehead atoms. The first-order valence-electron chi connectivity index (χ1n) is 4.51. The van der Waals surface area contributed by atoms with Crippen LogP contribution in [0.1, 0.15) is 31.7 Å². The summed E-state index contributed by atoms with van der Waals surface area (Å²) in [4.78, 5) is 10.7. The molecule has 0 fully saturated rings. The molecule has 2 N–H and O–H groups in total. The van der Waals surface area contributed by atoms with Gasteiger partial charge >= 0.3 is 5.97 Å². The number of rotatable bonds is 4. The van der Waals surface area contributed by atoms with E-state index in [-0.39, 0.29) is 17.5 Å². The molecule has 1 atom stereocenters. The quantitative estimate of drug-likeness (QED) is 0.766. The second kappa shape index (κ2) is 4.31. The Morgan fingerprint density at radius 3 is 2.60 bits per heavy atom. The van der Waals surface area contributed by atoms with Crippen molar-refractivity contribution in [2.24, 2.45) is 0 Å². The number of ether oxygens (including phenoxy) is 1. The highest BCUT2D eigenvalue weighted by Gasteiger charge is 2.26. The van der Waals surface area contributed by atoms with Crippen LogP contribution in [0.3, 0.4) is 0 Å². The Kier molecular flexibility index (Phi) is 3.31. The van der Waals surface area contributed by atoms with Gasteiger partial charge in [0.15, 0.2) is 11.9 Å². The Balaban J connectivity index is 3.21. The van der Waals surface area contributed by atoms with Crippen molar-refractivity contribution >= 4 is 5.97 Å². The van der Waals surface area contributed by atoms with E-state index >= 15 is 0 Å². The SMILES string of the molecule is COc1cnn(C(C)C)c1C(O)C(=O)O. The number of aromatic nitrogens is 2. The van der Waals surface area contributed by atoms with E-state index in [2.05, 4.69) is 5.10 Å². The summed E-state index contributed by atoms with van der Waals surface area (Å²) in [5.41, 5.74) is 0.167. The number of hydrogen-bond donors (Lipinski definition) is 2. The fourth-order valence-corrected chi connectivity index (χ4v) is 1.30. The molecule has 6 nitrogen and oxygen atoms in total. The van der Waals surface area contributed by atoms with E-state index in [0.29, 0.717) is 0 Å². The van der Waals surface area contributed by atoms with Gasteiger partial charge < -0.3 is 14.9 Å². The molecule has 0 spiro atoms. The van der Waals surface area contributed by atoms with Crippen molar-refractivity contribution in [3.63, 3.8) is 0 Å². The van der Waals surface area contributed by atoms with Crippen LogP contribution in [0.2, 0.25) is 0 Å². The zero-order valence-electron chi connectivity index (χ0n) is 8.84. The lowest BCUT2D eigenvalue weighted by molar-refractivity contribution is -0.147. The Bertz CT molecular complexity index is 359. The van der Waals surface area contributed by atoms with Gasteiger partial charge in [-0.2, -0.15) is 5.10 Å². The lowest BCUT2D eigenvalue weighted by Crippen LogP contribution is -2.18. The summed E-state index contributed by atoms with van der Waals surface area (Å²) < 4.78 is 6.37. The summed E-state index contributed by atoms with van der Waals surface area (Å²) in [5.74, 6) is -1.05. The largest absolute Gasteiger partial charge is 0.493 e. The molecule has 0 saturated heterocycles. The molecule has 0 aromatic carbocycles. The number of carboxylic acid groups (broad SMARTS) is 1. The number of nitrogens with zero attached hydrogens (tertiary/aromatic N) is 2. The van der Waals surface area contributed by atoms with E-state index in [9.17, 15) is 9.90 Å². The van der Waals surface area contributed by atoms with Gasteiger partial charge in [-0.15, -0.1) is 0 Å². The standard InChI is InChI=1S/C9H14N2O4/c1-5(2)11-7(8(12)9(13)14)6(15-3)4-10-11/h4-5,8,12H,1-3H3,(H,13,14). The van der Waals surface area contributed by atoms with Crippen LogP contribution < -0.4 is 4.74 Å². The van der Waals surface area contributed by atoms with Crippen LogP contribution >= 0.6 is 0 Å². The van der Waals surface area contributed by atoms with Crippen LogP contribution in [-0.2, 0) is 4.79 Å². The van der Waals surface area contributed by atoms with Gasteiger partial charge in [0.1, 0.15) is 5.69 Å². The van der Waals surface area contributed by atoms with E-state index in [1.165, 1.54) is 18.0 Å². The molecule has 6 heteroatoms. The molecule has 1 heterocycles. The summed E-state index contributed by atoms with van der Waals surface area (Å²) in [6.07, 6.45) is -0.230. The van der Waals surface area contributed by atoms with E-state index in [0.717, 1.165) is 0 Å². The number of methoxy groups -OCH3 is 1. The second-order valence-electron chi connectivity index (χ2n) is 3.38. The van der Waals surface area contributed by atoms with Crippen LogP contribution in [0.15, 0.2) is 6.20 Å². The number of carboxylic acids is 1. The van der Waals surface area contributed by atoms with Gasteiger partial charge in [0, 0.05) is 6.04 Å². The highest BCUT2D eigenvalue weighted by molar-refractivity contribution is 5.74. The van der Waals surface area contributed by atoms with Crippen molar-refractivity contribution in [3.05, 3.63) is 11.9 Å². The highest BCUT2D eigenvalue weighted by atomic mass is 16.5. The smallest absolute Gasteiger partial charge is 0.339 e. The lowest BCUT2D eigenvalue weighted by atomic mass is 10.2. The molecule has 0 aliphatic carbocycles. The first-order chi connectivity index (χ1) is 6.99. The van der Waals surface area contributed by atoms with E-state index in [4.69, 9.17) is 9.84 Å². The van der Waals surface area contributed by atoms with Gasteiger partial charge in [-0.25, -0.2) is 4.79 Å². The molecule has 84 valence electrons. The topological polar surface area (TPSA) is 84.6 Å². The van der Waals surface area contributed by atoms with Crippen LogP contribution in [0, 0.1) is 0 Å². The third kappa shape index (κ3) is 2.10. The zero-order valence-corrected chi connectivity index (χ0v) is 8.84. The fraction of sp³-hybridized carbons (Fsp3) is 0.556. The molecular formula is C9H14N2O4. The molecule has 0 saturated carbocycles. The molecule has 0 radical (unpaired) electrons. The molecule has 0 amide bonds. The van der Waals surface area contributed by atoms with Gasteiger partial charge in [-0.3, -0.25) is 4.68 Å². The van der Waals surface area contributed by atoms with Crippen LogP contribution in [0.5, 0.6) is 5.75 Å². The summed E-state index contributed by atoms with van der Waals surface area (Å²) >= 11 is 0. The fourth-order valence-electron chi connectivity index (χ4n) is 1.30. The third-order valence-corrected chi connectivity index (χ3v) is 2.00. The number of aliphatic hydroxyl groups excluding tert-OH is 1. The second-order valence-corrected chi connectivity index (χ2v) is 3.38. The average Bonchev–Trinajstić information content (AvgIpc) is 2.59. The molecule has 1 aromatic heterocycles. The summed E-state index contributed by atoms with van der Waals surface area (Å²) in [6.45, 7) is 3.68. The van der Waals surface area contributed by atoms with Crippen molar-refractivity contribution in [3.8, 4) is 5.75 Å². The summed E-state index contributed by atoms with van der Waals surface area (Å²) in [5, 5.41) is 22.2. The van der Waals surface area contributed by atoms with Crippen LogP contribution in [-0.4, -0.2) is 33.1 Å². The minimum absolute atomic E-state index is 0.0436. The van der Waals surface area contributed by atoms with E-state index in [1.54, 1.807) is 0 Å². The number of hydrogen-bond acceptors (Lipinski definition) is 4. The van der Waals surface area contributed by atoms with E-state index < -0.39 is 12.1 Å². The number of carbonyl (C=O) groups is 1. The third-order valence-electron chi connectivity index (χ3n) is 2.00. The van der Waals surface area contributed by atoms with Crippen molar-refractivity contribution in [1.82, 2.24) is 9.78 Å². The van der Waals surface area contributed by atoms with Gasteiger partial charge in [0.2, 0.25) is 0 Å². The Labute approximate surface area is 87.1 Å². The maximum Gasteiger partial charge on any atom is 0.339 e.